The lowest BCUT2D eigenvalue weighted by molar-refractivity contribution is -0.166. The minimum Gasteiger partial charge on any atom is -0.386 e. The topological polar surface area (TPSA) is 89.3 Å². The molecule has 1 fully saturated rings. The van der Waals surface area contributed by atoms with E-state index >= 15 is 0 Å². The molecule has 1 aliphatic rings. The largest absolute Gasteiger partial charge is 0.396 e. The third kappa shape index (κ3) is 4.94. The Balaban J connectivity index is 1.58. The Labute approximate surface area is 213 Å². The molecule has 1 aliphatic carbocycles. The lowest BCUT2D eigenvalue weighted by Crippen LogP contribution is -2.35. The lowest BCUT2D eigenvalue weighted by atomic mass is 9.72. The van der Waals surface area contributed by atoms with E-state index in [0.717, 1.165) is 18.2 Å². The number of halogens is 3. The van der Waals surface area contributed by atoms with Gasteiger partial charge in [0, 0.05) is 23.2 Å². The molecule has 5 rings (SSSR count). The van der Waals surface area contributed by atoms with Crippen LogP contribution < -0.4 is 5.73 Å². The third-order valence-corrected chi connectivity index (χ3v) is 7.83. The molecule has 9 heteroatoms. The Morgan fingerprint density at radius 3 is 2.41 bits per heavy atom. The number of hydrogen-bond acceptors (Lipinski definition) is 5. The van der Waals surface area contributed by atoms with Crippen molar-refractivity contribution in [2.45, 2.75) is 70.2 Å². The average Bonchev–Trinajstić information content (AvgIpc) is 3.25. The van der Waals surface area contributed by atoms with Gasteiger partial charge in [-0.2, -0.15) is 13.2 Å². The first kappa shape index (κ1) is 25.6. The number of pyridine rings is 2. The van der Waals surface area contributed by atoms with Crippen molar-refractivity contribution in [1.29, 1.82) is 0 Å². The summed E-state index contributed by atoms with van der Waals surface area (Å²) in [6, 6.07) is 12.4. The van der Waals surface area contributed by atoms with Gasteiger partial charge in [0.25, 0.3) is 0 Å². The summed E-state index contributed by atoms with van der Waals surface area (Å²) in [5, 5.41) is 19.9. The highest BCUT2D eigenvalue weighted by Crippen LogP contribution is 2.46. The van der Waals surface area contributed by atoms with Crippen LogP contribution in [0.1, 0.15) is 63.5 Å². The van der Waals surface area contributed by atoms with Crippen LogP contribution in [-0.4, -0.2) is 36.9 Å². The van der Waals surface area contributed by atoms with E-state index in [1.165, 1.54) is 12.3 Å². The molecule has 1 saturated carbocycles. The van der Waals surface area contributed by atoms with Crippen LogP contribution >= 0.6 is 0 Å². The quantitative estimate of drug-likeness (QED) is 0.345. The van der Waals surface area contributed by atoms with Crippen molar-refractivity contribution < 1.29 is 18.3 Å². The number of fused-ring (bicyclic) bond motifs is 2. The number of para-hydroxylation sites is 1. The zero-order chi connectivity index (χ0) is 26.5. The van der Waals surface area contributed by atoms with Crippen molar-refractivity contribution in [3.63, 3.8) is 0 Å². The molecule has 2 atom stereocenters. The van der Waals surface area contributed by atoms with Gasteiger partial charge in [-0.15, -0.1) is 10.2 Å². The monoisotopic (exact) mass is 511 g/mol. The highest BCUT2D eigenvalue weighted by Gasteiger charge is 2.46. The van der Waals surface area contributed by atoms with Gasteiger partial charge < -0.3 is 10.8 Å². The van der Waals surface area contributed by atoms with E-state index in [-0.39, 0.29) is 17.5 Å². The van der Waals surface area contributed by atoms with E-state index in [2.05, 4.69) is 10.2 Å². The molecule has 6 nitrogen and oxygen atoms in total. The summed E-state index contributed by atoms with van der Waals surface area (Å²) in [5.41, 5.74) is 7.23. The van der Waals surface area contributed by atoms with Gasteiger partial charge in [-0.05, 0) is 69.1 Å². The van der Waals surface area contributed by atoms with Crippen molar-refractivity contribution >= 4 is 16.6 Å². The van der Waals surface area contributed by atoms with Crippen molar-refractivity contribution in [3.8, 4) is 11.5 Å². The molecular weight excluding hydrogens is 479 g/mol. The summed E-state index contributed by atoms with van der Waals surface area (Å²) in [6.07, 6.45) is 0.0351. The zero-order valence-corrected chi connectivity index (χ0v) is 21.2. The van der Waals surface area contributed by atoms with Crippen molar-refractivity contribution in [2.75, 3.05) is 0 Å². The molecule has 2 unspecified atom stereocenters. The summed E-state index contributed by atoms with van der Waals surface area (Å²) in [7, 11) is 0. The van der Waals surface area contributed by atoms with Crippen LogP contribution in [-0.2, 0) is 5.60 Å². The maximum atomic E-state index is 14.5. The summed E-state index contributed by atoms with van der Waals surface area (Å²) < 4.78 is 45.0. The fourth-order valence-corrected chi connectivity index (χ4v) is 5.76. The van der Waals surface area contributed by atoms with Gasteiger partial charge in [0.05, 0.1) is 17.0 Å². The summed E-state index contributed by atoms with van der Waals surface area (Å²) in [6.45, 7) is 5.08. The Morgan fingerprint density at radius 1 is 1.00 bits per heavy atom. The predicted molar refractivity (Wildman–Crippen MR) is 137 cm³/mol. The number of alkyl halides is 3. The van der Waals surface area contributed by atoms with Gasteiger partial charge in [-0.3, -0.25) is 4.40 Å². The molecule has 0 amide bonds. The van der Waals surface area contributed by atoms with E-state index in [4.69, 9.17) is 10.7 Å². The first-order valence-electron chi connectivity index (χ1n) is 12.7. The first-order valence-corrected chi connectivity index (χ1v) is 12.7. The lowest BCUT2D eigenvalue weighted by Gasteiger charge is -2.36. The summed E-state index contributed by atoms with van der Waals surface area (Å²) in [4.78, 5) is 4.76. The Hall–Kier alpha value is -3.04. The molecule has 4 aromatic rings. The molecule has 0 bridgehead atoms. The minimum absolute atomic E-state index is 0.0371. The number of rotatable bonds is 5. The number of nitrogens with two attached hydrogens (primary N) is 1. The standard InChI is InChI=1S/C28H32F3N5O/c1-16(17-7-11-20(32)12-8-17)24(28(29,30)31)19-10-14-23-34-35-26(36(23)15-19)22-13-9-18-5-4-6-21(25(18)33-22)27(2,3)37/h4-6,9-10,13-17,20,24,37H,7-8,11-12,32H2,1-3H3. The number of aromatic nitrogens is 4. The highest BCUT2D eigenvalue weighted by atomic mass is 19.4. The number of hydrogen-bond donors (Lipinski definition) is 2. The van der Waals surface area contributed by atoms with Crippen LogP contribution in [0.2, 0.25) is 0 Å². The van der Waals surface area contributed by atoms with Gasteiger partial charge in [0.1, 0.15) is 5.69 Å². The van der Waals surface area contributed by atoms with Gasteiger partial charge in [0.15, 0.2) is 11.5 Å². The van der Waals surface area contributed by atoms with Gasteiger partial charge in [-0.25, -0.2) is 4.98 Å². The smallest absolute Gasteiger partial charge is 0.386 e. The van der Waals surface area contributed by atoms with E-state index in [0.29, 0.717) is 41.1 Å². The molecule has 37 heavy (non-hydrogen) atoms. The van der Waals surface area contributed by atoms with E-state index in [1.807, 2.05) is 24.3 Å². The van der Waals surface area contributed by atoms with Crippen molar-refractivity contribution in [1.82, 2.24) is 19.6 Å². The van der Waals surface area contributed by atoms with Crippen LogP contribution in [0.5, 0.6) is 0 Å². The second-order valence-electron chi connectivity index (χ2n) is 10.9. The van der Waals surface area contributed by atoms with Crippen LogP contribution in [0.3, 0.4) is 0 Å². The van der Waals surface area contributed by atoms with Crippen molar-refractivity contribution in [2.24, 2.45) is 17.6 Å². The Kier molecular flexibility index (Phi) is 6.48. The molecule has 0 saturated heterocycles. The maximum Gasteiger partial charge on any atom is 0.396 e. The Morgan fingerprint density at radius 2 is 1.73 bits per heavy atom. The third-order valence-electron chi connectivity index (χ3n) is 7.83. The molecule has 0 aliphatic heterocycles. The van der Waals surface area contributed by atoms with E-state index in [9.17, 15) is 18.3 Å². The zero-order valence-electron chi connectivity index (χ0n) is 21.2. The van der Waals surface area contributed by atoms with E-state index < -0.39 is 23.6 Å². The summed E-state index contributed by atoms with van der Waals surface area (Å²) >= 11 is 0. The van der Waals surface area contributed by atoms with Gasteiger partial charge in [0.2, 0.25) is 0 Å². The van der Waals surface area contributed by atoms with Crippen LogP contribution in [0.4, 0.5) is 13.2 Å². The molecular formula is C28H32F3N5O. The van der Waals surface area contributed by atoms with Gasteiger partial charge in [-0.1, -0.05) is 37.3 Å². The predicted octanol–water partition coefficient (Wildman–Crippen LogP) is 5.97. The second kappa shape index (κ2) is 9.36. The molecule has 1 aromatic carbocycles. The van der Waals surface area contributed by atoms with Crippen LogP contribution in [0, 0.1) is 11.8 Å². The highest BCUT2D eigenvalue weighted by molar-refractivity contribution is 5.84. The molecule has 3 N–H and O–H groups in total. The molecule has 0 radical (unpaired) electrons. The average molecular weight is 512 g/mol. The minimum atomic E-state index is -4.40. The number of benzene rings is 1. The van der Waals surface area contributed by atoms with Crippen molar-refractivity contribution in [3.05, 3.63) is 59.8 Å². The van der Waals surface area contributed by atoms with E-state index in [1.54, 1.807) is 37.3 Å². The number of aliphatic hydroxyl groups is 1. The second-order valence-corrected chi connectivity index (χ2v) is 10.9. The first-order chi connectivity index (χ1) is 17.4. The van der Waals surface area contributed by atoms with Gasteiger partial charge >= 0.3 is 6.18 Å². The molecule has 3 heterocycles. The molecule has 196 valence electrons. The number of nitrogens with zero attached hydrogens (tertiary/aromatic N) is 4. The maximum absolute atomic E-state index is 14.5. The fourth-order valence-electron chi connectivity index (χ4n) is 5.76. The molecule has 3 aromatic heterocycles. The van der Waals surface area contributed by atoms with Crippen LogP contribution in [0.25, 0.3) is 28.1 Å². The summed E-state index contributed by atoms with van der Waals surface area (Å²) in [5.74, 6) is -1.89. The fraction of sp³-hybridized carbons (Fsp3) is 0.464. The Bertz CT molecular complexity index is 1420. The molecule has 0 spiro atoms. The normalized spacial score (nSPS) is 20.9. The van der Waals surface area contributed by atoms with Crippen LogP contribution in [0.15, 0.2) is 48.7 Å². The SMILES string of the molecule is CC(C1CCC(N)CC1)C(c1ccc2nnc(-c3ccc4cccc(C(C)(C)O)c4n3)n2c1)C(F)(F)F.